The number of hydrogen-bond acceptors (Lipinski definition) is 4. The highest BCUT2D eigenvalue weighted by atomic mass is 35.5. The molecule has 0 amide bonds. The van der Waals surface area contributed by atoms with Gasteiger partial charge in [0.2, 0.25) is 0 Å². The van der Waals surface area contributed by atoms with Gasteiger partial charge in [-0.25, -0.2) is 9.78 Å². The van der Waals surface area contributed by atoms with Gasteiger partial charge in [-0.1, -0.05) is 17.7 Å². The second-order valence-corrected chi connectivity index (χ2v) is 6.27. The van der Waals surface area contributed by atoms with Gasteiger partial charge in [-0.3, -0.25) is 0 Å². The average Bonchev–Trinajstić information content (AvgIpc) is 3.02. The molecular weight excluding hydrogens is 373 g/mol. The minimum Gasteiger partial charge on any atom is -0.489 e. The number of rotatable bonds is 4. The van der Waals surface area contributed by atoms with E-state index in [1.165, 1.54) is 24.4 Å². The molecule has 9 heteroatoms. The lowest BCUT2D eigenvalue weighted by molar-refractivity contribution is -0.137. The smallest absolute Gasteiger partial charge is 0.416 e. The van der Waals surface area contributed by atoms with Crippen molar-refractivity contribution in [1.29, 1.82) is 0 Å². The maximum atomic E-state index is 12.8. The first-order chi connectivity index (χ1) is 12.2. The van der Waals surface area contributed by atoms with Gasteiger partial charge in [-0.2, -0.15) is 13.2 Å². The van der Waals surface area contributed by atoms with Gasteiger partial charge in [-0.05, 0) is 24.3 Å². The molecule has 0 saturated carbocycles. The molecule has 5 nitrogen and oxygen atoms in total. The fraction of sp³-hybridized carbons (Fsp3) is 0.294. The SMILES string of the molecule is O=C(O)c1cc(Cl)cnc1N1CCC(Oc2cccc(C(F)(F)F)c2)C1. The van der Waals surface area contributed by atoms with Crippen LogP contribution in [-0.2, 0) is 6.18 Å². The van der Waals surface area contributed by atoms with Gasteiger partial charge in [0.25, 0.3) is 0 Å². The largest absolute Gasteiger partial charge is 0.489 e. The number of pyridine rings is 1. The summed E-state index contributed by atoms with van der Waals surface area (Å²) in [6.45, 7) is 0.781. The van der Waals surface area contributed by atoms with Crippen LogP contribution in [0.3, 0.4) is 0 Å². The Hall–Kier alpha value is -2.48. The Kier molecular flexibility index (Phi) is 4.95. The lowest BCUT2D eigenvalue weighted by Crippen LogP contribution is -2.27. The maximum Gasteiger partial charge on any atom is 0.416 e. The summed E-state index contributed by atoms with van der Waals surface area (Å²) < 4.78 is 44.0. The standard InChI is InChI=1S/C17H14ClF3N2O3/c18-11-7-14(16(24)25)15(22-8-11)23-5-4-13(9-23)26-12-3-1-2-10(6-12)17(19,20)21/h1-3,6-8,13H,4-5,9H2,(H,24,25). The molecule has 1 unspecified atom stereocenters. The number of carboxylic acid groups (broad SMARTS) is 1. The number of ether oxygens (including phenoxy) is 1. The molecule has 1 aliphatic rings. The molecular formula is C17H14ClF3N2O3. The first-order valence-corrected chi connectivity index (χ1v) is 8.09. The molecule has 0 aliphatic carbocycles. The van der Waals surface area contributed by atoms with Crippen molar-refractivity contribution in [2.75, 3.05) is 18.0 Å². The van der Waals surface area contributed by atoms with E-state index < -0.39 is 17.7 Å². The van der Waals surface area contributed by atoms with Gasteiger partial charge in [-0.15, -0.1) is 0 Å². The Morgan fingerprint density at radius 2 is 2.12 bits per heavy atom. The Balaban J connectivity index is 1.73. The summed E-state index contributed by atoms with van der Waals surface area (Å²) in [6, 6.07) is 5.99. The van der Waals surface area contributed by atoms with Crippen LogP contribution in [-0.4, -0.2) is 35.3 Å². The third-order valence-electron chi connectivity index (χ3n) is 3.97. The lowest BCUT2D eigenvalue weighted by atomic mass is 10.2. The van der Waals surface area contributed by atoms with E-state index in [-0.39, 0.29) is 28.3 Å². The summed E-state index contributed by atoms with van der Waals surface area (Å²) in [4.78, 5) is 17.2. The average molecular weight is 387 g/mol. The Morgan fingerprint density at radius 3 is 2.81 bits per heavy atom. The molecule has 26 heavy (non-hydrogen) atoms. The van der Waals surface area contributed by atoms with Crippen molar-refractivity contribution < 1.29 is 27.8 Å². The highest BCUT2D eigenvalue weighted by Gasteiger charge is 2.32. The summed E-state index contributed by atoms with van der Waals surface area (Å²) in [5.41, 5.74) is -0.811. The second-order valence-electron chi connectivity index (χ2n) is 5.83. The van der Waals surface area contributed by atoms with Gasteiger partial charge >= 0.3 is 12.1 Å². The number of carbonyl (C=O) groups is 1. The van der Waals surface area contributed by atoms with E-state index >= 15 is 0 Å². The Bertz CT molecular complexity index is 829. The molecule has 2 aromatic rings. The molecule has 2 heterocycles. The molecule has 138 valence electrons. The minimum absolute atomic E-state index is 0.0304. The zero-order valence-corrected chi connectivity index (χ0v) is 14.1. The fourth-order valence-corrected chi connectivity index (χ4v) is 2.95. The van der Waals surface area contributed by atoms with Gasteiger partial charge in [0.15, 0.2) is 0 Å². The molecule has 1 fully saturated rings. The molecule has 1 saturated heterocycles. The summed E-state index contributed by atoms with van der Waals surface area (Å²) in [7, 11) is 0. The van der Waals surface area contributed by atoms with E-state index in [4.69, 9.17) is 16.3 Å². The van der Waals surface area contributed by atoms with Gasteiger partial charge in [0, 0.05) is 19.2 Å². The third-order valence-corrected chi connectivity index (χ3v) is 4.18. The molecule has 0 bridgehead atoms. The van der Waals surface area contributed by atoms with Crippen molar-refractivity contribution in [3.63, 3.8) is 0 Å². The molecule has 1 aromatic carbocycles. The topological polar surface area (TPSA) is 62.7 Å². The van der Waals surface area contributed by atoms with Gasteiger partial charge in [0.05, 0.1) is 17.1 Å². The number of alkyl halides is 3. The highest BCUT2D eigenvalue weighted by Crippen LogP contribution is 2.32. The van der Waals surface area contributed by atoms with Crippen molar-refractivity contribution in [2.24, 2.45) is 0 Å². The fourth-order valence-electron chi connectivity index (χ4n) is 2.80. The number of aromatic carboxylic acids is 1. The molecule has 1 aliphatic heterocycles. The van der Waals surface area contributed by atoms with Crippen LogP contribution >= 0.6 is 11.6 Å². The molecule has 1 aromatic heterocycles. The van der Waals surface area contributed by atoms with Crippen molar-refractivity contribution in [3.05, 3.63) is 52.7 Å². The monoisotopic (exact) mass is 386 g/mol. The zero-order chi connectivity index (χ0) is 18.9. The number of carboxylic acids is 1. The number of hydrogen-bond donors (Lipinski definition) is 1. The molecule has 1 N–H and O–H groups in total. The van der Waals surface area contributed by atoms with E-state index in [1.807, 2.05) is 0 Å². The van der Waals surface area contributed by atoms with Crippen LogP contribution in [0.4, 0.5) is 19.0 Å². The molecule has 0 spiro atoms. The number of aromatic nitrogens is 1. The van der Waals surface area contributed by atoms with Crippen molar-refractivity contribution in [1.82, 2.24) is 4.98 Å². The van der Waals surface area contributed by atoms with E-state index in [9.17, 15) is 23.1 Å². The molecule has 1 atom stereocenters. The maximum absolute atomic E-state index is 12.8. The van der Waals surface area contributed by atoms with E-state index in [2.05, 4.69) is 4.98 Å². The number of halogens is 4. The second kappa shape index (κ2) is 7.03. The predicted octanol–water partition coefficient (Wildman–Crippen LogP) is 4.11. The van der Waals surface area contributed by atoms with E-state index in [1.54, 1.807) is 4.90 Å². The van der Waals surface area contributed by atoms with Crippen LogP contribution < -0.4 is 9.64 Å². The highest BCUT2D eigenvalue weighted by molar-refractivity contribution is 6.30. The molecule has 3 rings (SSSR count). The van der Waals surface area contributed by atoms with Crippen LogP contribution in [0.5, 0.6) is 5.75 Å². The van der Waals surface area contributed by atoms with Crippen LogP contribution in [0.15, 0.2) is 36.5 Å². The zero-order valence-electron chi connectivity index (χ0n) is 13.3. The third kappa shape index (κ3) is 4.01. The first kappa shape index (κ1) is 18.3. The van der Waals surface area contributed by atoms with Crippen molar-refractivity contribution in [2.45, 2.75) is 18.7 Å². The number of nitrogens with zero attached hydrogens (tertiary/aromatic N) is 2. The molecule has 0 radical (unpaired) electrons. The summed E-state index contributed by atoms with van der Waals surface area (Å²) in [5.74, 6) is -0.775. The van der Waals surface area contributed by atoms with Crippen LogP contribution in [0.25, 0.3) is 0 Å². The quantitative estimate of drug-likeness (QED) is 0.856. The lowest BCUT2D eigenvalue weighted by Gasteiger charge is -2.20. The normalized spacial score (nSPS) is 17.4. The predicted molar refractivity (Wildman–Crippen MR) is 88.9 cm³/mol. The first-order valence-electron chi connectivity index (χ1n) is 7.72. The van der Waals surface area contributed by atoms with Gasteiger partial charge in [0.1, 0.15) is 23.2 Å². The van der Waals surface area contributed by atoms with Crippen molar-refractivity contribution in [3.8, 4) is 5.75 Å². The number of benzene rings is 1. The Morgan fingerprint density at radius 1 is 1.35 bits per heavy atom. The van der Waals surface area contributed by atoms with Crippen LogP contribution in [0.1, 0.15) is 22.3 Å². The van der Waals surface area contributed by atoms with Gasteiger partial charge < -0.3 is 14.7 Å². The Labute approximate surface area is 152 Å². The summed E-state index contributed by atoms with van der Waals surface area (Å²) in [5, 5.41) is 9.51. The van der Waals surface area contributed by atoms with Crippen LogP contribution in [0.2, 0.25) is 5.02 Å². The van der Waals surface area contributed by atoms with E-state index in [0.29, 0.717) is 19.5 Å². The minimum atomic E-state index is -4.44. The summed E-state index contributed by atoms with van der Waals surface area (Å²) in [6.07, 6.45) is -2.94. The number of anilines is 1. The summed E-state index contributed by atoms with van der Waals surface area (Å²) >= 11 is 5.79. The van der Waals surface area contributed by atoms with Crippen LogP contribution in [0, 0.1) is 0 Å². The van der Waals surface area contributed by atoms with E-state index in [0.717, 1.165) is 12.1 Å². The van der Waals surface area contributed by atoms with Crippen molar-refractivity contribution >= 4 is 23.4 Å².